The van der Waals surface area contributed by atoms with Gasteiger partial charge >= 0.3 is 0 Å². The van der Waals surface area contributed by atoms with E-state index in [9.17, 15) is 22.8 Å². The average Bonchev–Trinajstić information content (AvgIpc) is 2.82. The van der Waals surface area contributed by atoms with Crippen LogP contribution in [-0.2, 0) is 14.8 Å². The summed E-state index contributed by atoms with van der Waals surface area (Å²) in [5.41, 5.74) is 1.03. The molecule has 1 fully saturated rings. The molecule has 0 atom stereocenters. The summed E-state index contributed by atoms with van der Waals surface area (Å²) in [6, 6.07) is 12.4. The van der Waals surface area contributed by atoms with Gasteiger partial charge in [0.25, 0.3) is 11.8 Å². The summed E-state index contributed by atoms with van der Waals surface area (Å²) in [6.07, 6.45) is 0.813. The number of anilines is 1. The molecular weight excluding hydrogens is 444 g/mol. The van der Waals surface area contributed by atoms with Crippen molar-refractivity contribution in [3.05, 3.63) is 59.7 Å². The third-order valence-corrected chi connectivity index (χ3v) is 7.23. The van der Waals surface area contributed by atoms with Gasteiger partial charge in [0, 0.05) is 56.5 Å². The van der Waals surface area contributed by atoms with E-state index in [0.717, 1.165) is 6.42 Å². The Morgan fingerprint density at radius 2 is 1.55 bits per heavy atom. The number of sulfonamides is 1. The normalized spacial score (nSPS) is 14.5. The fourth-order valence-corrected chi connectivity index (χ4v) is 4.94. The van der Waals surface area contributed by atoms with Crippen molar-refractivity contribution in [2.45, 2.75) is 25.2 Å². The zero-order valence-corrected chi connectivity index (χ0v) is 19.5. The number of benzene rings is 2. The molecule has 1 saturated heterocycles. The lowest BCUT2D eigenvalue weighted by molar-refractivity contribution is -0.129. The Balaban J connectivity index is 1.72. The summed E-state index contributed by atoms with van der Waals surface area (Å²) in [5.74, 6) is -0.803. The zero-order chi connectivity index (χ0) is 24.0. The van der Waals surface area contributed by atoms with Crippen molar-refractivity contribution >= 4 is 33.4 Å². The molecule has 2 aromatic rings. The molecule has 1 aliphatic rings. The number of nitrogens with zero attached hydrogens (tertiary/aromatic N) is 2. The molecule has 0 bridgehead atoms. The molecule has 176 valence electrons. The quantitative estimate of drug-likeness (QED) is 0.639. The standard InChI is InChI=1S/C23H28N4O5S/c1-3-10-24-22(29)18-6-4-8-20(15-18)25-23(30)19-7-5-9-21(16-19)33(31,32)27-13-11-26(12-14-27)17(2)28/h4-9,15-16H,3,10-14H2,1-2H3,(H,24,29)(H,25,30). The molecule has 2 N–H and O–H groups in total. The smallest absolute Gasteiger partial charge is 0.255 e. The predicted octanol–water partition coefficient (Wildman–Crippen LogP) is 1.93. The second-order valence-corrected chi connectivity index (χ2v) is 9.67. The molecule has 3 amide bonds. The average molecular weight is 473 g/mol. The van der Waals surface area contributed by atoms with Gasteiger partial charge in [0.2, 0.25) is 15.9 Å². The van der Waals surface area contributed by atoms with Crippen LogP contribution in [0.4, 0.5) is 5.69 Å². The van der Waals surface area contributed by atoms with Crippen LogP contribution in [0.3, 0.4) is 0 Å². The van der Waals surface area contributed by atoms with Crippen molar-refractivity contribution in [2.24, 2.45) is 0 Å². The Bertz CT molecular complexity index is 1140. The fourth-order valence-electron chi connectivity index (χ4n) is 3.47. The Kier molecular flexibility index (Phi) is 7.83. The van der Waals surface area contributed by atoms with Crippen molar-refractivity contribution in [3.8, 4) is 0 Å². The topological polar surface area (TPSA) is 116 Å². The largest absolute Gasteiger partial charge is 0.352 e. The molecular formula is C23H28N4O5S. The van der Waals surface area contributed by atoms with Crippen LogP contribution < -0.4 is 10.6 Å². The van der Waals surface area contributed by atoms with Gasteiger partial charge in [-0.2, -0.15) is 4.31 Å². The molecule has 0 saturated carbocycles. The van der Waals surface area contributed by atoms with Crippen LogP contribution in [0, 0.1) is 0 Å². The number of rotatable bonds is 7. The first kappa shape index (κ1) is 24.4. The third kappa shape index (κ3) is 5.96. The second-order valence-electron chi connectivity index (χ2n) is 7.73. The molecule has 0 unspecified atom stereocenters. The first-order valence-corrected chi connectivity index (χ1v) is 12.2. The maximum absolute atomic E-state index is 13.0. The van der Waals surface area contributed by atoms with Crippen LogP contribution in [0.25, 0.3) is 0 Å². The number of carbonyl (C=O) groups is 3. The number of amides is 3. The van der Waals surface area contributed by atoms with Gasteiger partial charge in [-0.3, -0.25) is 14.4 Å². The van der Waals surface area contributed by atoms with Gasteiger partial charge in [-0.25, -0.2) is 8.42 Å². The van der Waals surface area contributed by atoms with Crippen LogP contribution in [0.15, 0.2) is 53.4 Å². The molecule has 33 heavy (non-hydrogen) atoms. The van der Waals surface area contributed by atoms with E-state index in [1.165, 1.54) is 35.5 Å². The SMILES string of the molecule is CCCNC(=O)c1cccc(NC(=O)c2cccc(S(=O)(=O)N3CCN(C(C)=O)CC3)c2)c1. The van der Waals surface area contributed by atoms with Gasteiger partial charge in [-0.1, -0.05) is 19.1 Å². The van der Waals surface area contributed by atoms with Crippen molar-refractivity contribution in [3.63, 3.8) is 0 Å². The van der Waals surface area contributed by atoms with E-state index in [-0.39, 0.29) is 35.4 Å². The number of hydrogen-bond donors (Lipinski definition) is 2. The van der Waals surface area contributed by atoms with E-state index in [0.29, 0.717) is 30.9 Å². The van der Waals surface area contributed by atoms with Crippen LogP contribution in [-0.4, -0.2) is 68.1 Å². The van der Waals surface area contributed by atoms with Gasteiger partial charge in [0.1, 0.15) is 0 Å². The van der Waals surface area contributed by atoms with Crippen molar-refractivity contribution in [1.82, 2.24) is 14.5 Å². The molecule has 9 nitrogen and oxygen atoms in total. The third-order valence-electron chi connectivity index (χ3n) is 5.34. The van der Waals surface area contributed by atoms with Crippen molar-refractivity contribution in [1.29, 1.82) is 0 Å². The Hall–Kier alpha value is -3.24. The molecule has 0 radical (unpaired) electrons. The molecule has 1 heterocycles. The van der Waals surface area contributed by atoms with Crippen LogP contribution >= 0.6 is 0 Å². The lowest BCUT2D eigenvalue weighted by atomic mass is 10.1. The van der Waals surface area contributed by atoms with Gasteiger partial charge < -0.3 is 15.5 Å². The minimum absolute atomic E-state index is 0.0131. The fraction of sp³-hybridized carbons (Fsp3) is 0.348. The summed E-state index contributed by atoms with van der Waals surface area (Å²) in [6.45, 7) is 5.03. The molecule has 10 heteroatoms. The van der Waals surface area contributed by atoms with Gasteiger partial charge in [0.15, 0.2) is 0 Å². The molecule has 1 aliphatic heterocycles. The summed E-state index contributed by atoms with van der Waals surface area (Å²) >= 11 is 0. The highest BCUT2D eigenvalue weighted by Gasteiger charge is 2.29. The van der Waals surface area contributed by atoms with E-state index in [2.05, 4.69) is 10.6 Å². The highest BCUT2D eigenvalue weighted by atomic mass is 32.2. The maximum atomic E-state index is 13.0. The Morgan fingerprint density at radius 1 is 0.909 bits per heavy atom. The van der Waals surface area contributed by atoms with Gasteiger partial charge in [-0.05, 0) is 42.8 Å². The van der Waals surface area contributed by atoms with Crippen molar-refractivity contribution in [2.75, 3.05) is 38.0 Å². The number of hydrogen-bond acceptors (Lipinski definition) is 5. The molecule has 3 rings (SSSR count). The highest BCUT2D eigenvalue weighted by Crippen LogP contribution is 2.20. The summed E-state index contributed by atoms with van der Waals surface area (Å²) in [4.78, 5) is 38.0. The Labute approximate surface area is 193 Å². The molecule has 0 aliphatic carbocycles. The lowest BCUT2D eigenvalue weighted by Crippen LogP contribution is -2.49. The first-order valence-electron chi connectivity index (χ1n) is 10.8. The summed E-state index contributed by atoms with van der Waals surface area (Å²) < 4.78 is 27.4. The Morgan fingerprint density at radius 3 is 2.18 bits per heavy atom. The van der Waals surface area contributed by atoms with Crippen LogP contribution in [0.1, 0.15) is 41.0 Å². The van der Waals surface area contributed by atoms with E-state index in [4.69, 9.17) is 0 Å². The number of nitrogens with one attached hydrogen (secondary N) is 2. The zero-order valence-electron chi connectivity index (χ0n) is 18.7. The van der Waals surface area contributed by atoms with E-state index < -0.39 is 15.9 Å². The van der Waals surface area contributed by atoms with E-state index in [1.54, 1.807) is 29.2 Å². The highest BCUT2D eigenvalue weighted by molar-refractivity contribution is 7.89. The molecule has 0 aromatic heterocycles. The van der Waals surface area contributed by atoms with Crippen LogP contribution in [0.5, 0.6) is 0 Å². The molecule has 0 spiro atoms. The maximum Gasteiger partial charge on any atom is 0.255 e. The summed E-state index contributed by atoms with van der Waals surface area (Å²) in [5, 5.41) is 5.49. The predicted molar refractivity (Wildman–Crippen MR) is 124 cm³/mol. The first-order chi connectivity index (χ1) is 15.7. The van der Waals surface area contributed by atoms with Crippen LogP contribution in [0.2, 0.25) is 0 Å². The summed E-state index contributed by atoms with van der Waals surface area (Å²) in [7, 11) is -3.80. The molecule has 2 aromatic carbocycles. The monoisotopic (exact) mass is 472 g/mol. The lowest BCUT2D eigenvalue weighted by Gasteiger charge is -2.33. The van der Waals surface area contributed by atoms with E-state index in [1.807, 2.05) is 6.92 Å². The van der Waals surface area contributed by atoms with Crippen molar-refractivity contribution < 1.29 is 22.8 Å². The van der Waals surface area contributed by atoms with Gasteiger partial charge in [0.05, 0.1) is 4.90 Å². The number of carbonyl (C=O) groups excluding carboxylic acids is 3. The second kappa shape index (κ2) is 10.6. The number of piperazine rings is 1. The minimum atomic E-state index is -3.80. The minimum Gasteiger partial charge on any atom is -0.352 e. The van der Waals surface area contributed by atoms with E-state index >= 15 is 0 Å². The van der Waals surface area contributed by atoms with Gasteiger partial charge in [-0.15, -0.1) is 0 Å².